The molecule has 2 aliphatic rings. The minimum Gasteiger partial charge on any atom is -0.485 e. The summed E-state index contributed by atoms with van der Waals surface area (Å²) in [5.74, 6) is 1.65. The maximum atomic E-state index is 12.0. The number of fused-ring (bicyclic) bond motifs is 1. The molecule has 1 N–H and O–H groups in total. The molecule has 0 bridgehead atoms. The number of hydrogen-bond acceptors (Lipinski definition) is 8. The zero-order valence-corrected chi connectivity index (χ0v) is 13.4. The van der Waals surface area contributed by atoms with Crippen molar-refractivity contribution in [1.82, 2.24) is 15.5 Å². The van der Waals surface area contributed by atoms with Gasteiger partial charge in [0.15, 0.2) is 18.1 Å². The van der Waals surface area contributed by atoms with Crippen molar-refractivity contribution in [3.8, 4) is 17.2 Å². The molecule has 25 heavy (non-hydrogen) atoms. The molecule has 2 aromatic rings. The summed E-state index contributed by atoms with van der Waals surface area (Å²) in [6.07, 6.45) is 2.02. The molecule has 1 aromatic carbocycles. The van der Waals surface area contributed by atoms with E-state index in [0.717, 1.165) is 19.4 Å². The van der Waals surface area contributed by atoms with Crippen LogP contribution in [0.15, 0.2) is 22.7 Å². The molecule has 132 valence electrons. The number of amides is 1. The Morgan fingerprint density at radius 3 is 3.12 bits per heavy atom. The number of hydrogen-bond donors (Lipinski definition) is 1. The van der Waals surface area contributed by atoms with Gasteiger partial charge in [0.2, 0.25) is 12.6 Å². The van der Waals surface area contributed by atoms with Gasteiger partial charge in [-0.2, -0.15) is 4.98 Å². The van der Waals surface area contributed by atoms with Crippen LogP contribution in [-0.4, -0.2) is 42.1 Å². The molecule has 2 aliphatic heterocycles. The van der Waals surface area contributed by atoms with Gasteiger partial charge in [0, 0.05) is 19.2 Å². The van der Waals surface area contributed by atoms with Gasteiger partial charge in [-0.25, -0.2) is 0 Å². The number of benzene rings is 1. The van der Waals surface area contributed by atoms with E-state index in [1.54, 1.807) is 18.2 Å². The van der Waals surface area contributed by atoms with Crippen LogP contribution >= 0.6 is 0 Å². The summed E-state index contributed by atoms with van der Waals surface area (Å²) in [6, 6.07) is 5.23. The van der Waals surface area contributed by atoms with Crippen molar-refractivity contribution in [3.63, 3.8) is 0 Å². The van der Waals surface area contributed by atoms with Gasteiger partial charge in [-0.1, -0.05) is 5.16 Å². The number of ether oxygens (including phenoxy) is 4. The van der Waals surface area contributed by atoms with Crippen LogP contribution < -0.4 is 19.5 Å². The molecule has 0 radical (unpaired) electrons. The molecule has 1 aromatic heterocycles. The zero-order valence-electron chi connectivity index (χ0n) is 13.4. The number of rotatable bonds is 6. The standard InChI is InChI=1S/C16H17N3O6/c20-15(17-7-11-2-1-5-21-11)16-18-14(19-25-16)8-22-10-3-4-12-13(6-10)24-9-23-12/h3-4,6,11H,1-2,5,7-9H2,(H,17,20). The average Bonchev–Trinajstić information content (AvgIpc) is 3.39. The van der Waals surface area contributed by atoms with Gasteiger partial charge in [0.05, 0.1) is 6.10 Å². The second kappa shape index (κ2) is 6.98. The van der Waals surface area contributed by atoms with Crippen molar-refractivity contribution < 1.29 is 28.3 Å². The van der Waals surface area contributed by atoms with Crippen molar-refractivity contribution in [2.24, 2.45) is 0 Å². The third-order valence-corrected chi connectivity index (χ3v) is 3.89. The minimum absolute atomic E-state index is 0.0562. The van der Waals surface area contributed by atoms with E-state index in [1.807, 2.05) is 0 Å². The number of nitrogens with zero attached hydrogens (tertiary/aromatic N) is 2. The van der Waals surface area contributed by atoms with Crippen LogP contribution in [0.3, 0.4) is 0 Å². The summed E-state index contributed by atoms with van der Waals surface area (Å²) in [4.78, 5) is 16.0. The highest BCUT2D eigenvalue weighted by Gasteiger charge is 2.20. The van der Waals surface area contributed by atoms with Crippen LogP contribution in [-0.2, 0) is 11.3 Å². The predicted octanol–water partition coefficient (Wildman–Crippen LogP) is 1.29. The van der Waals surface area contributed by atoms with Gasteiger partial charge in [0.25, 0.3) is 0 Å². The first-order valence-corrected chi connectivity index (χ1v) is 8.03. The fourth-order valence-electron chi connectivity index (χ4n) is 2.61. The van der Waals surface area contributed by atoms with E-state index in [0.29, 0.717) is 23.8 Å². The van der Waals surface area contributed by atoms with Gasteiger partial charge < -0.3 is 28.8 Å². The molecule has 1 saturated heterocycles. The van der Waals surface area contributed by atoms with Crippen molar-refractivity contribution in [3.05, 3.63) is 29.9 Å². The molecule has 1 fully saturated rings. The van der Waals surface area contributed by atoms with E-state index in [4.69, 9.17) is 23.5 Å². The third-order valence-electron chi connectivity index (χ3n) is 3.89. The van der Waals surface area contributed by atoms with Crippen molar-refractivity contribution >= 4 is 5.91 Å². The first-order chi connectivity index (χ1) is 12.3. The van der Waals surface area contributed by atoms with Gasteiger partial charge >= 0.3 is 11.8 Å². The van der Waals surface area contributed by atoms with E-state index in [-0.39, 0.29) is 31.2 Å². The lowest BCUT2D eigenvalue weighted by Gasteiger charge is -2.08. The average molecular weight is 347 g/mol. The maximum absolute atomic E-state index is 12.0. The third kappa shape index (κ3) is 3.66. The molecule has 1 atom stereocenters. The minimum atomic E-state index is -0.419. The monoisotopic (exact) mass is 347 g/mol. The summed E-state index contributed by atoms with van der Waals surface area (Å²) in [5, 5.41) is 6.47. The molecule has 0 spiro atoms. The lowest BCUT2D eigenvalue weighted by molar-refractivity contribution is 0.0822. The van der Waals surface area contributed by atoms with E-state index < -0.39 is 5.91 Å². The van der Waals surface area contributed by atoms with E-state index in [9.17, 15) is 4.79 Å². The van der Waals surface area contributed by atoms with Crippen LogP contribution in [0.4, 0.5) is 0 Å². The zero-order chi connectivity index (χ0) is 17.1. The highest BCUT2D eigenvalue weighted by atomic mass is 16.7. The molecule has 1 amide bonds. The Kier molecular flexibility index (Phi) is 4.38. The van der Waals surface area contributed by atoms with Crippen molar-refractivity contribution in [2.45, 2.75) is 25.6 Å². The lowest BCUT2D eigenvalue weighted by atomic mass is 10.2. The van der Waals surface area contributed by atoms with Crippen LogP contribution in [0.25, 0.3) is 0 Å². The van der Waals surface area contributed by atoms with Gasteiger partial charge in [0.1, 0.15) is 5.75 Å². The molecule has 9 nitrogen and oxygen atoms in total. The number of carbonyl (C=O) groups excluding carboxylic acids is 1. The quantitative estimate of drug-likeness (QED) is 0.833. The van der Waals surface area contributed by atoms with Crippen LogP contribution in [0.1, 0.15) is 29.4 Å². The molecule has 0 aliphatic carbocycles. The molecule has 0 saturated carbocycles. The molecule has 9 heteroatoms. The molecule has 3 heterocycles. The van der Waals surface area contributed by atoms with E-state index >= 15 is 0 Å². The predicted molar refractivity (Wildman–Crippen MR) is 82.5 cm³/mol. The second-order valence-corrected chi connectivity index (χ2v) is 5.66. The Morgan fingerprint density at radius 1 is 1.32 bits per heavy atom. The van der Waals surface area contributed by atoms with Gasteiger partial charge in [-0.3, -0.25) is 4.79 Å². The summed E-state index contributed by atoms with van der Waals surface area (Å²) in [5.41, 5.74) is 0. The Bertz CT molecular complexity index is 756. The first-order valence-electron chi connectivity index (χ1n) is 8.03. The molecule has 1 unspecified atom stereocenters. The van der Waals surface area contributed by atoms with Crippen LogP contribution in [0.2, 0.25) is 0 Å². The largest absolute Gasteiger partial charge is 0.485 e. The lowest BCUT2D eigenvalue weighted by Crippen LogP contribution is -2.31. The number of carbonyl (C=O) groups is 1. The summed E-state index contributed by atoms with van der Waals surface area (Å²) < 4.78 is 26.5. The number of aromatic nitrogens is 2. The molecular formula is C16H17N3O6. The second-order valence-electron chi connectivity index (χ2n) is 5.66. The fourth-order valence-corrected chi connectivity index (χ4v) is 2.61. The highest BCUT2D eigenvalue weighted by Crippen LogP contribution is 2.35. The summed E-state index contributed by atoms with van der Waals surface area (Å²) in [7, 11) is 0. The Balaban J connectivity index is 1.29. The summed E-state index contributed by atoms with van der Waals surface area (Å²) in [6.45, 7) is 1.45. The normalized spacial score (nSPS) is 18.3. The van der Waals surface area contributed by atoms with E-state index in [2.05, 4.69) is 15.5 Å². The van der Waals surface area contributed by atoms with Crippen molar-refractivity contribution in [2.75, 3.05) is 19.9 Å². The SMILES string of the molecule is O=C(NCC1CCCO1)c1nc(COc2ccc3c(c2)OCO3)no1. The Hall–Kier alpha value is -2.81. The number of nitrogens with one attached hydrogen (secondary N) is 1. The van der Waals surface area contributed by atoms with Gasteiger partial charge in [-0.15, -0.1) is 0 Å². The summed E-state index contributed by atoms with van der Waals surface area (Å²) >= 11 is 0. The highest BCUT2D eigenvalue weighted by molar-refractivity contribution is 5.89. The van der Waals surface area contributed by atoms with Crippen molar-refractivity contribution in [1.29, 1.82) is 0 Å². The van der Waals surface area contributed by atoms with E-state index in [1.165, 1.54) is 0 Å². The maximum Gasteiger partial charge on any atom is 0.316 e. The van der Waals surface area contributed by atoms with Crippen LogP contribution in [0, 0.1) is 0 Å². The fraction of sp³-hybridized carbons (Fsp3) is 0.438. The smallest absolute Gasteiger partial charge is 0.316 e. The van der Waals surface area contributed by atoms with Crippen LogP contribution in [0.5, 0.6) is 17.2 Å². The topological polar surface area (TPSA) is 105 Å². The van der Waals surface area contributed by atoms with Gasteiger partial charge in [-0.05, 0) is 25.0 Å². The molecular weight excluding hydrogens is 330 g/mol. The Labute approximate surface area is 143 Å². The molecule has 4 rings (SSSR count). The Morgan fingerprint density at radius 2 is 2.24 bits per heavy atom. The first kappa shape index (κ1) is 15.7.